The Morgan fingerprint density at radius 2 is 1.97 bits per heavy atom. The van der Waals surface area contributed by atoms with Crippen LogP contribution in [0.3, 0.4) is 0 Å². The normalized spacial score (nSPS) is 20.3. The van der Waals surface area contributed by atoms with Gasteiger partial charge in [-0.25, -0.2) is 9.02 Å². The van der Waals surface area contributed by atoms with Crippen LogP contribution in [0.1, 0.15) is 25.0 Å². The van der Waals surface area contributed by atoms with Gasteiger partial charge < -0.3 is 4.90 Å². The van der Waals surface area contributed by atoms with Gasteiger partial charge in [-0.05, 0) is 65.6 Å². The van der Waals surface area contributed by atoms with Crippen molar-refractivity contribution in [1.29, 1.82) is 0 Å². The lowest BCUT2D eigenvalue weighted by Crippen LogP contribution is -2.57. The van der Waals surface area contributed by atoms with Crippen molar-refractivity contribution >= 4 is 34.6 Å². The summed E-state index contributed by atoms with van der Waals surface area (Å²) in [5.41, 5.74) is 2.86. The van der Waals surface area contributed by atoms with Crippen LogP contribution in [0.4, 0.5) is 4.39 Å². The van der Waals surface area contributed by atoms with E-state index in [0.717, 1.165) is 24.2 Å². The fraction of sp³-hybridized carbons (Fsp3) is 0.318. The van der Waals surface area contributed by atoms with Crippen molar-refractivity contribution in [3.8, 4) is 0 Å². The average molecular weight is 429 g/mol. The zero-order valence-electron chi connectivity index (χ0n) is 16.8. The van der Waals surface area contributed by atoms with Crippen molar-refractivity contribution in [3.05, 3.63) is 64.4 Å². The molecule has 0 aliphatic carbocycles. The predicted octanol–water partition coefficient (Wildman–Crippen LogP) is 4.15. The number of carbonyl (C=O) groups is 1. The molecular weight excluding hydrogens is 407 g/mol. The Balaban J connectivity index is 1.42. The first kappa shape index (κ1) is 20.5. The number of rotatable bonds is 4. The van der Waals surface area contributed by atoms with Gasteiger partial charge >= 0.3 is 0 Å². The molecular formula is C22H22ClFN4O2. The van der Waals surface area contributed by atoms with Gasteiger partial charge in [0, 0.05) is 37.8 Å². The minimum Gasteiger partial charge on any atom is -0.334 e. The first-order chi connectivity index (χ1) is 14.4. The van der Waals surface area contributed by atoms with E-state index < -0.39 is 0 Å². The second-order valence-electron chi connectivity index (χ2n) is 7.71. The Bertz CT molecular complexity index is 1080. The number of fused-ring (bicyclic) bond motifs is 1. The molecule has 0 N–H and O–H groups in total. The third-order valence-electron chi connectivity index (χ3n) is 5.45. The number of halogens is 2. The summed E-state index contributed by atoms with van der Waals surface area (Å²) in [5.74, 6) is -0.284. The molecule has 4 rings (SSSR count). The summed E-state index contributed by atoms with van der Waals surface area (Å²) in [5, 5.41) is 7.98. The highest BCUT2D eigenvalue weighted by Crippen LogP contribution is 2.24. The molecule has 1 amide bonds. The highest BCUT2D eigenvalue weighted by molar-refractivity contribution is 6.35. The van der Waals surface area contributed by atoms with Gasteiger partial charge in [-0.15, -0.1) is 0 Å². The molecule has 1 aliphatic heterocycles. The fourth-order valence-electron chi connectivity index (χ4n) is 3.78. The van der Waals surface area contributed by atoms with Crippen LogP contribution in [-0.2, 0) is 11.3 Å². The Hall–Kier alpha value is -2.77. The minimum atomic E-state index is -0.234. The zero-order chi connectivity index (χ0) is 21.3. The van der Waals surface area contributed by atoms with E-state index in [1.165, 1.54) is 12.1 Å². The Morgan fingerprint density at radius 3 is 2.73 bits per heavy atom. The second kappa shape index (κ2) is 8.53. The van der Waals surface area contributed by atoms with Crippen molar-refractivity contribution in [3.63, 3.8) is 0 Å². The monoisotopic (exact) mass is 428 g/mol. The van der Waals surface area contributed by atoms with Crippen molar-refractivity contribution in [2.24, 2.45) is 0 Å². The molecule has 0 unspecified atom stereocenters. The standard InChI is InChI=1S/C22H22ClFN4O2/c1-14-12-28(15(2)11-27(14)13-16-3-6-18(24)7-4-16)21(29)8-5-17-9-19(23)22-20(10-17)25-30-26-22/h3-10,14-15H,11-13H2,1-2H3/b8-5+/t14-,15+/m0/s1. The summed E-state index contributed by atoms with van der Waals surface area (Å²) >= 11 is 6.18. The van der Waals surface area contributed by atoms with Crippen LogP contribution in [0.5, 0.6) is 0 Å². The summed E-state index contributed by atoms with van der Waals surface area (Å²) in [7, 11) is 0. The summed E-state index contributed by atoms with van der Waals surface area (Å²) < 4.78 is 17.8. The Morgan fingerprint density at radius 1 is 1.20 bits per heavy atom. The van der Waals surface area contributed by atoms with E-state index in [2.05, 4.69) is 22.1 Å². The van der Waals surface area contributed by atoms with Crippen LogP contribution in [0.15, 0.2) is 47.1 Å². The van der Waals surface area contributed by atoms with Gasteiger partial charge in [0.1, 0.15) is 11.3 Å². The second-order valence-corrected chi connectivity index (χ2v) is 8.12. The molecule has 2 atom stereocenters. The molecule has 0 radical (unpaired) electrons. The molecule has 156 valence electrons. The van der Waals surface area contributed by atoms with Gasteiger partial charge in [0.15, 0.2) is 5.52 Å². The smallest absolute Gasteiger partial charge is 0.246 e. The first-order valence-electron chi connectivity index (χ1n) is 9.79. The maximum absolute atomic E-state index is 13.1. The molecule has 6 nitrogen and oxygen atoms in total. The lowest BCUT2D eigenvalue weighted by atomic mass is 10.1. The highest BCUT2D eigenvalue weighted by atomic mass is 35.5. The van der Waals surface area contributed by atoms with Gasteiger partial charge in [-0.3, -0.25) is 9.69 Å². The molecule has 1 aromatic heterocycles. The van der Waals surface area contributed by atoms with Crippen molar-refractivity contribution in [1.82, 2.24) is 20.1 Å². The lowest BCUT2D eigenvalue weighted by Gasteiger charge is -2.44. The Labute approximate surface area is 178 Å². The average Bonchev–Trinajstić information content (AvgIpc) is 3.19. The minimum absolute atomic E-state index is 0.0507. The van der Waals surface area contributed by atoms with E-state index in [-0.39, 0.29) is 23.8 Å². The molecule has 1 fully saturated rings. The zero-order valence-corrected chi connectivity index (χ0v) is 17.5. The van der Waals surface area contributed by atoms with E-state index in [1.54, 1.807) is 36.4 Å². The molecule has 1 aliphatic rings. The van der Waals surface area contributed by atoms with Crippen LogP contribution in [0, 0.1) is 5.82 Å². The lowest BCUT2D eigenvalue weighted by molar-refractivity contribution is -0.131. The summed E-state index contributed by atoms with van der Waals surface area (Å²) in [6.45, 7) is 6.25. The van der Waals surface area contributed by atoms with Gasteiger partial charge in [0.05, 0.1) is 5.02 Å². The number of carbonyl (C=O) groups excluding carboxylic acids is 1. The molecule has 1 saturated heterocycles. The molecule has 2 aromatic carbocycles. The maximum Gasteiger partial charge on any atom is 0.246 e. The molecule has 30 heavy (non-hydrogen) atoms. The van der Waals surface area contributed by atoms with Crippen LogP contribution in [0.25, 0.3) is 17.1 Å². The summed E-state index contributed by atoms with van der Waals surface area (Å²) in [6.07, 6.45) is 3.29. The van der Waals surface area contributed by atoms with E-state index >= 15 is 0 Å². The van der Waals surface area contributed by atoms with Crippen LogP contribution in [-0.4, -0.2) is 51.2 Å². The molecule has 2 heterocycles. The SMILES string of the molecule is C[C@@H]1CN(Cc2ccc(F)cc2)[C@@H](C)CN1C(=O)/C=C/c1cc(Cl)c2nonc2c1. The van der Waals surface area contributed by atoms with E-state index in [1.807, 2.05) is 11.8 Å². The third-order valence-corrected chi connectivity index (χ3v) is 5.74. The number of piperazine rings is 1. The van der Waals surface area contributed by atoms with E-state index in [9.17, 15) is 9.18 Å². The van der Waals surface area contributed by atoms with Gasteiger partial charge in [0.2, 0.25) is 5.91 Å². The number of hydrogen-bond acceptors (Lipinski definition) is 5. The van der Waals surface area contributed by atoms with Crippen LogP contribution >= 0.6 is 11.6 Å². The van der Waals surface area contributed by atoms with E-state index in [0.29, 0.717) is 22.6 Å². The summed E-state index contributed by atoms with van der Waals surface area (Å²) in [4.78, 5) is 17.0. The van der Waals surface area contributed by atoms with Gasteiger partial charge in [-0.2, -0.15) is 0 Å². The first-order valence-corrected chi connectivity index (χ1v) is 10.2. The quantitative estimate of drug-likeness (QED) is 0.584. The van der Waals surface area contributed by atoms with E-state index in [4.69, 9.17) is 16.2 Å². The maximum atomic E-state index is 13.1. The largest absolute Gasteiger partial charge is 0.334 e. The molecule has 0 spiro atoms. The van der Waals surface area contributed by atoms with Crippen molar-refractivity contribution in [2.45, 2.75) is 32.5 Å². The third kappa shape index (κ3) is 4.37. The number of nitrogens with zero attached hydrogens (tertiary/aromatic N) is 4. The number of aromatic nitrogens is 2. The van der Waals surface area contributed by atoms with Crippen molar-refractivity contribution < 1.29 is 13.8 Å². The topological polar surface area (TPSA) is 62.5 Å². The highest BCUT2D eigenvalue weighted by Gasteiger charge is 2.31. The van der Waals surface area contributed by atoms with Crippen LogP contribution < -0.4 is 0 Å². The van der Waals surface area contributed by atoms with Crippen molar-refractivity contribution in [2.75, 3.05) is 13.1 Å². The number of amides is 1. The summed E-state index contributed by atoms with van der Waals surface area (Å²) in [6, 6.07) is 10.3. The van der Waals surface area contributed by atoms with Gasteiger partial charge in [0.25, 0.3) is 0 Å². The predicted molar refractivity (Wildman–Crippen MR) is 113 cm³/mol. The molecule has 0 bridgehead atoms. The molecule has 3 aromatic rings. The van der Waals surface area contributed by atoms with Crippen LogP contribution in [0.2, 0.25) is 5.02 Å². The molecule has 8 heteroatoms. The number of hydrogen-bond donors (Lipinski definition) is 0. The Kier molecular flexibility index (Phi) is 5.83. The van der Waals surface area contributed by atoms with Gasteiger partial charge in [-0.1, -0.05) is 23.7 Å². The fourth-order valence-corrected chi connectivity index (χ4v) is 4.04. The molecule has 0 saturated carbocycles. The number of benzene rings is 2.